The smallest absolute Gasteiger partial charge is 0.407 e. The Labute approximate surface area is 618 Å². The largest absolute Gasteiger partial charge is 0.445 e. The number of Topliss-reactive ketones (excluding diaryl/α,β-unsaturated/α-hetero) is 2. The molecule has 592 valence electrons. The molecular weight excluding hydrogens is 1450 g/mol. The van der Waals surface area contributed by atoms with Gasteiger partial charge in [-0.25, -0.2) is 19.2 Å². The molecule has 3 aliphatic rings. The van der Waals surface area contributed by atoms with Gasteiger partial charge in [0.15, 0.2) is 0 Å². The highest BCUT2D eigenvalue weighted by molar-refractivity contribution is 6.67. The first-order valence-electron chi connectivity index (χ1n) is 34.8. The first-order chi connectivity index (χ1) is 50.1. The molecule has 3 N–H and O–H groups in total. The molecule has 0 bridgehead atoms. The number of nitrogens with one attached hydrogen (secondary N) is 3. The summed E-state index contributed by atoms with van der Waals surface area (Å²) in [6, 6.07) is 0. The molecule has 0 aromatic rings. The number of alkyl carbamates (subject to hydrolysis) is 1. The van der Waals surface area contributed by atoms with Crippen LogP contribution in [0.5, 0.6) is 0 Å². The van der Waals surface area contributed by atoms with Crippen LogP contribution in [0.3, 0.4) is 0 Å². The van der Waals surface area contributed by atoms with Gasteiger partial charge in [0.2, 0.25) is 15.6 Å². The van der Waals surface area contributed by atoms with Gasteiger partial charge >= 0.3 is 24.0 Å². The topological polar surface area (TPSA) is 432 Å². The van der Waals surface area contributed by atoms with Crippen molar-refractivity contribution in [3.63, 3.8) is 0 Å². The summed E-state index contributed by atoms with van der Waals surface area (Å²) in [5, 5.41) is 9.78. The highest BCUT2D eigenvalue weighted by Gasteiger charge is 2.37. The maximum Gasteiger partial charge on any atom is 0.407 e. The number of carbonyl (C=O) groups excluding carboxylic acids is 14. The van der Waals surface area contributed by atoms with Crippen molar-refractivity contribution in [1.82, 2.24) is 31.1 Å². The predicted molar refractivity (Wildman–Crippen MR) is 359 cm³/mol. The number of rotatable bonds is 66. The lowest BCUT2D eigenvalue weighted by Crippen LogP contribution is -2.58. The van der Waals surface area contributed by atoms with Crippen LogP contribution in [0.4, 0.5) is 4.79 Å². The van der Waals surface area contributed by atoms with Crippen molar-refractivity contribution in [3.05, 3.63) is 0 Å². The molecular formula is C65H101Cl3N6O30. The van der Waals surface area contributed by atoms with E-state index in [2.05, 4.69) is 16.0 Å². The van der Waals surface area contributed by atoms with Crippen LogP contribution in [-0.4, -0.2) is 286 Å². The third kappa shape index (κ3) is 46.7. The summed E-state index contributed by atoms with van der Waals surface area (Å²) in [4.78, 5) is 184. The zero-order valence-electron chi connectivity index (χ0n) is 58.9. The second-order valence-electron chi connectivity index (χ2n) is 23.4. The van der Waals surface area contributed by atoms with Crippen molar-refractivity contribution in [2.24, 2.45) is 0 Å². The molecule has 0 spiro atoms. The van der Waals surface area contributed by atoms with Crippen molar-refractivity contribution in [1.29, 1.82) is 0 Å². The number of hydrogen-bond acceptors (Lipinski definition) is 30. The quantitative estimate of drug-likeness (QED) is 0.0447. The fraction of sp³-hybridized carbons (Fsp3) is 0.785. The molecule has 3 aliphatic heterocycles. The average Bonchev–Trinajstić information content (AvgIpc) is 1.39. The highest BCUT2D eigenvalue weighted by Crippen LogP contribution is 2.26. The number of carbonyl (C=O) groups is 14. The van der Waals surface area contributed by atoms with E-state index >= 15 is 0 Å². The molecule has 0 aromatic heterocycles. The average molecular weight is 1550 g/mol. The molecule has 3 rings (SSSR count). The lowest BCUT2D eigenvalue weighted by Gasteiger charge is -2.34. The molecule has 3 saturated heterocycles. The highest BCUT2D eigenvalue weighted by atomic mass is 35.6. The Morgan fingerprint density at radius 2 is 0.635 bits per heavy atom. The van der Waals surface area contributed by atoms with Crippen molar-refractivity contribution < 1.29 is 143 Å². The third-order valence-electron chi connectivity index (χ3n) is 14.5. The van der Waals surface area contributed by atoms with Gasteiger partial charge in [-0.2, -0.15) is 0 Å². The Balaban J connectivity index is 1.46. The van der Waals surface area contributed by atoms with Crippen molar-refractivity contribution in [3.8, 4) is 0 Å². The second kappa shape index (κ2) is 57.0. The van der Waals surface area contributed by atoms with Crippen LogP contribution in [0.15, 0.2) is 0 Å². The van der Waals surface area contributed by atoms with E-state index in [-0.39, 0.29) is 285 Å². The number of amides is 9. The Morgan fingerprint density at radius 3 is 1.02 bits per heavy atom. The van der Waals surface area contributed by atoms with Crippen LogP contribution in [0.2, 0.25) is 0 Å². The summed E-state index contributed by atoms with van der Waals surface area (Å²) in [5.74, 6) is -6.71. The van der Waals surface area contributed by atoms with E-state index in [9.17, 15) is 67.1 Å². The molecule has 104 heavy (non-hydrogen) atoms. The van der Waals surface area contributed by atoms with Crippen molar-refractivity contribution in [2.45, 2.75) is 151 Å². The molecule has 3 heterocycles. The number of unbranched alkanes of at least 4 members (excludes halogenated alkanes) is 4. The number of imide groups is 3. The van der Waals surface area contributed by atoms with Crippen LogP contribution in [-0.2, 0) is 138 Å². The summed E-state index contributed by atoms with van der Waals surface area (Å²) < 4.78 is 70.5. The standard InChI is InChI=1S/C65H101Cl3N6O30/c66-65(67,68)49-101-63(88)70-23-5-3-1-2-4-10-53(78)71-64(46-98-27-17-50(75)8-6-25-89-34-40-95-42-36-91-30-20-60(85)102-72-54(79)11-12-55(72)80,47-99-28-18-51(76)9-7-26-90-35-41-96-43-37-92-31-21-61(86)103-73-56(81)13-14-57(73)82)48-100-29-19-52(77)69-24-33-94-39-45-97-44-38-93-32-22-62(87)104-74-58(83)15-16-59(74)84/h1-49H2,(H,69,77)(H,70,88)(H,71,78). The number of ether oxygens (including phenoxy) is 13. The van der Waals surface area contributed by atoms with Gasteiger partial charge in [-0.3, -0.25) is 47.9 Å². The van der Waals surface area contributed by atoms with E-state index < -0.39 is 75.4 Å². The van der Waals surface area contributed by atoms with E-state index in [1.165, 1.54) is 0 Å². The van der Waals surface area contributed by atoms with Gasteiger partial charge in [0, 0.05) is 103 Å². The number of halogens is 3. The van der Waals surface area contributed by atoms with Gasteiger partial charge in [-0.15, -0.1) is 15.2 Å². The number of ketones is 2. The van der Waals surface area contributed by atoms with Gasteiger partial charge < -0.3 is 92.0 Å². The first kappa shape index (κ1) is 92.0. The summed E-state index contributed by atoms with van der Waals surface area (Å²) >= 11 is 16.9. The minimum Gasteiger partial charge on any atom is -0.445 e. The molecule has 0 radical (unpaired) electrons. The molecule has 39 heteroatoms. The van der Waals surface area contributed by atoms with Gasteiger partial charge in [-0.1, -0.05) is 54.1 Å². The second-order valence-corrected chi connectivity index (χ2v) is 25.9. The van der Waals surface area contributed by atoms with Crippen LogP contribution in [0.1, 0.15) is 141 Å². The monoisotopic (exact) mass is 1550 g/mol. The van der Waals surface area contributed by atoms with Gasteiger partial charge in [0.1, 0.15) is 23.7 Å². The third-order valence-corrected chi connectivity index (χ3v) is 14.8. The van der Waals surface area contributed by atoms with E-state index in [1.54, 1.807) is 0 Å². The molecule has 0 atom stereocenters. The number of nitrogens with zero attached hydrogens (tertiary/aromatic N) is 3. The lowest BCUT2D eigenvalue weighted by atomic mass is 10.0. The molecule has 9 amide bonds. The van der Waals surface area contributed by atoms with Crippen molar-refractivity contribution in [2.75, 3.05) is 178 Å². The number of hydrogen-bond donors (Lipinski definition) is 3. The van der Waals surface area contributed by atoms with Crippen LogP contribution < -0.4 is 16.0 Å². The minimum atomic E-state index is -1.74. The molecule has 0 aromatic carbocycles. The van der Waals surface area contributed by atoms with Crippen LogP contribution in [0, 0.1) is 0 Å². The van der Waals surface area contributed by atoms with E-state index in [0.29, 0.717) is 53.8 Å². The maximum absolute atomic E-state index is 13.8. The van der Waals surface area contributed by atoms with Gasteiger partial charge in [0.05, 0.1) is 165 Å². The van der Waals surface area contributed by atoms with Crippen LogP contribution >= 0.6 is 34.8 Å². The molecule has 36 nitrogen and oxygen atoms in total. The zero-order chi connectivity index (χ0) is 75.9. The van der Waals surface area contributed by atoms with Crippen LogP contribution in [0.25, 0.3) is 0 Å². The number of alkyl halides is 3. The Kier molecular flexibility index (Phi) is 50.4. The fourth-order valence-corrected chi connectivity index (χ4v) is 9.28. The predicted octanol–water partition coefficient (Wildman–Crippen LogP) is 2.45. The summed E-state index contributed by atoms with van der Waals surface area (Å²) in [7, 11) is 0. The summed E-state index contributed by atoms with van der Waals surface area (Å²) in [5.41, 5.74) is -1.37. The molecule has 3 fully saturated rings. The molecule has 0 saturated carbocycles. The zero-order valence-corrected chi connectivity index (χ0v) is 61.1. The number of hydroxylamine groups is 6. The summed E-state index contributed by atoms with van der Waals surface area (Å²) in [6.07, 6.45) is 3.21. The van der Waals surface area contributed by atoms with E-state index in [1.807, 2.05) is 0 Å². The Bertz CT molecular complexity index is 2370. The Hall–Kier alpha value is -6.23. The first-order valence-corrected chi connectivity index (χ1v) is 35.9. The van der Waals surface area contributed by atoms with Crippen molar-refractivity contribution >= 4 is 118 Å². The summed E-state index contributed by atoms with van der Waals surface area (Å²) in [6.45, 7) is 2.46. The normalized spacial score (nSPS) is 14.0. The van der Waals surface area contributed by atoms with Gasteiger partial charge in [-0.05, 0) is 25.7 Å². The maximum atomic E-state index is 13.8. The SMILES string of the molecule is O=C(CCCOCCOCCOCCC(=O)ON1C(=O)CCC1=O)CCOCC(COCCC(=O)CCCOCCOCCOCCC(=O)ON1C(=O)CCC1=O)(COCCC(=O)NCCOCCOCCOCCC(=O)ON1C(=O)CCC1=O)NC(=O)CCCCCCCNC(=O)OCC(Cl)(Cl)Cl. The minimum absolute atomic E-state index is 0.00572. The Morgan fingerprint density at radius 1 is 0.308 bits per heavy atom. The molecule has 0 unspecified atom stereocenters. The van der Waals surface area contributed by atoms with Gasteiger partial charge in [0.25, 0.3) is 35.4 Å². The fourth-order valence-electron chi connectivity index (χ4n) is 9.11. The lowest BCUT2D eigenvalue weighted by molar-refractivity contribution is -0.198. The molecule has 0 aliphatic carbocycles. The van der Waals surface area contributed by atoms with E-state index in [4.69, 9.17) is 111 Å². The van der Waals surface area contributed by atoms with E-state index in [0.717, 1.165) is 12.8 Å².